The van der Waals surface area contributed by atoms with Gasteiger partial charge in [0.05, 0.1) is 19.8 Å². The number of benzene rings is 1. The second-order valence-corrected chi connectivity index (χ2v) is 5.04. The van der Waals surface area contributed by atoms with Crippen LogP contribution in [0.3, 0.4) is 0 Å². The van der Waals surface area contributed by atoms with Gasteiger partial charge in [-0.1, -0.05) is 6.07 Å². The number of anilines is 1. The first-order valence-corrected chi connectivity index (χ1v) is 7.14. The van der Waals surface area contributed by atoms with Gasteiger partial charge in [0.1, 0.15) is 6.04 Å². The quantitative estimate of drug-likeness (QED) is 0.803. The summed E-state index contributed by atoms with van der Waals surface area (Å²) >= 11 is 0. The van der Waals surface area contributed by atoms with Crippen LogP contribution in [0.5, 0.6) is 0 Å². The fraction of sp³-hybridized carbons (Fsp3) is 0.467. The minimum absolute atomic E-state index is 0.0689. The minimum Gasteiger partial charge on any atom is -0.383 e. The maximum atomic E-state index is 12.4. The lowest BCUT2D eigenvalue weighted by Gasteiger charge is -2.27. The van der Waals surface area contributed by atoms with E-state index in [9.17, 15) is 9.59 Å². The largest absolute Gasteiger partial charge is 0.383 e. The van der Waals surface area contributed by atoms with Gasteiger partial charge in [0.2, 0.25) is 5.91 Å². The number of hydrogen-bond acceptors (Lipinski definition) is 5. The molecule has 1 aromatic carbocycles. The van der Waals surface area contributed by atoms with Gasteiger partial charge in [-0.15, -0.1) is 0 Å². The van der Waals surface area contributed by atoms with Crippen LogP contribution in [0.1, 0.15) is 10.4 Å². The third-order valence-electron chi connectivity index (χ3n) is 3.36. The third-order valence-corrected chi connectivity index (χ3v) is 3.36. The van der Waals surface area contributed by atoms with Crippen LogP contribution in [0.4, 0.5) is 5.69 Å². The first-order chi connectivity index (χ1) is 10.6. The number of rotatable bonds is 5. The van der Waals surface area contributed by atoms with Gasteiger partial charge in [0.15, 0.2) is 0 Å². The average Bonchev–Trinajstić information content (AvgIpc) is 2.55. The van der Waals surface area contributed by atoms with Gasteiger partial charge < -0.3 is 25.4 Å². The molecule has 3 N–H and O–H groups in total. The number of amides is 2. The van der Waals surface area contributed by atoms with E-state index in [2.05, 4.69) is 5.32 Å². The van der Waals surface area contributed by atoms with Gasteiger partial charge in [0, 0.05) is 31.5 Å². The topological polar surface area (TPSA) is 93.9 Å². The maximum Gasteiger partial charge on any atom is 0.254 e. The van der Waals surface area contributed by atoms with Crippen LogP contribution in [0.15, 0.2) is 24.3 Å². The molecular weight excluding hydrogens is 286 g/mol. The van der Waals surface area contributed by atoms with E-state index in [1.54, 1.807) is 29.2 Å². The number of carbonyl (C=O) groups excluding carboxylic acids is 2. The van der Waals surface area contributed by atoms with E-state index >= 15 is 0 Å². The molecule has 1 saturated heterocycles. The second kappa shape index (κ2) is 7.88. The van der Waals surface area contributed by atoms with Gasteiger partial charge in [-0.05, 0) is 18.2 Å². The first kappa shape index (κ1) is 16.4. The van der Waals surface area contributed by atoms with Crippen LogP contribution in [-0.4, -0.2) is 62.8 Å². The minimum atomic E-state index is -0.747. The normalized spacial score (nSPS) is 16.2. The molecule has 0 aromatic heterocycles. The molecule has 2 rings (SSSR count). The smallest absolute Gasteiger partial charge is 0.254 e. The standard InChI is InChI=1S/C15H21N3O4/c1-21-10-13(16)14(19)17-12-4-2-3-11(9-12)15(20)18-5-7-22-8-6-18/h2-4,9,13H,5-8,10,16H2,1H3,(H,17,19). The third kappa shape index (κ3) is 4.27. The molecule has 1 aliphatic heterocycles. The van der Waals surface area contributed by atoms with E-state index in [4.69, 9.17) is 15.2 Å². The fourth-order valence-corrected chi connectivity index (χ4v) is 2.17. The van der Waals surface area contributed by atoms with Crippen LogP contribution in [0.2, 0.25) is 0 Å². The molecule has 0 bridgehead atoms. The van der Waals surface area contributed by atoms with Gasteiger partial charge >= 0.3 is 0 Å². The van der Waals surface area contributed by atoms with Crippen molar-refractivity contribution in [2.24, 2.45) is 5.73 Å². The number of methoxy groups -OCH3 is 1. The zero-order valence-electron chi connectivity index (χ0n) is 12.6. The number of nitrogens with two attached hydrogens (primary N) is 1. The molecule has 1 aliphatic rings. The molecule has 2 amide bonds. The summed E-state index contributed by atoms with van der Waals surface area (Å²) in [7, 11) is 1.48. The molecule has 120 valence electrons. The molecule has 22 heavy (non-hydrogen) atoms. The Balaban J connectivity index is 2.03. The van der Waals surface area contributed by atoms with Crippen molar-refractivity contribution in [1.82, 2.24) is 4.90 Å². The van der Waals surface area contributed by atoms with Crippen molar-refractivity contribution in [3.63, 3.8) is 0 Å². The molecule has 0 spiro atoms. The Morgan fingerprint density at radius 3 is 2.82 bits per heavy atom. The molecule has 1 unspecified atom stereocenters. The summed E-state index contributed by atoms with van der Waals surface area (Å²) in [6.07, 6.45) is 0. The highest BCUT2D eigenvalue weighted by molar-refractivity contribution is 5.98. The first-order valence-electron chi connectivity index (χ1n) is 7.14. The second-order valence-electron chi connectivity index (χ2n) is 5.04. The number of hydrogen-bond donors (Lipinski definition) is 2. The van der Waals surface area contributed by atoms with Crippen LogP contribution in [0, 0.1) is 0 Å². The number of nitrogens with zero attached hydrogens (tertiary/aromatic N) is 1. The molecule has 0 saturated carbocycles. The van der Waals surface area contributed by atoms with E-state index in [1.807, 2.05) is 0 Å². The summed E-state index contributed by atoms with van der Waals surface area (Å²) in [4.78, 5) is 26.0. The lowest BCUT2D eigenvalue weighted by atomic mass is 10.1. The summed E-state index contributed by atoms with van der Waals surface area (Å²) in [6, 6.07) is 6.07. The number of nitrogens with one attached hydrogen (secondary N) is 1. The van der Waals surface area contributed by atoms with Gasteiger partial charge in [-0.3, -0.25) is 9.59 Å². The van der Waals surface area contributed by atoms with Crippen molar-refractivity contribution < 1.29 is 19.1 Å². The van der Waals surface area contributed by atoms with Gasteiger partial charge in [-0.25, -0.2) is 0 Å². The highest BCUT2D eigenvalue weighted by atomic mass is 16.5. The average molecular weight is 307 g/mol. The van der Waals surface area contributed by atoms with Crippen molar-refractivity contribution in [2.75, 3.05) is 45.3 Å². The van der Waals surface area contributed by atoms with Crippen molar-refractivity contribution in [1.29, 1.82) is 0 Å². The molecule has 1 atom stereocenters. The van der Waals surface area contributed by atoms with E-state index in [-0.39, 0.29) is 18.4 Å². The Kier molecular flexibility index (Phi) is 5.88. The zero-order chi connectivity index (χ0) is 15.9. The molecule has 0 aliphatic carbocycles. The van der Waals surface area contributed by atoms with E-state index in [1.165, 1.54) is 7.11 Å². The monoisotopic (exact) mass is 307 g/mol. The van der Waals surface area contributed by atoms with Crippen molar-refractivity contribution >= 4 is 17.5 Å². The Morgan fingerprint density at radius 2 is 2.14 bits per heavy atom. The lowest BCUT2D eigenvalue weighted by Crippen LogP contribution is -2.41. The maximum absolute atomic E-state index is 12.4. The molecule has 1 heterocycles. The number of carbonyl (C=O) groups is 2. The summed E-state index contributed by atoms with van der Waals surface area (Å²) in [5.74, 6) is -0.418. The van der Waals surface area contributed by atoms with Crippen molar-refractivity contribution in [2.45, 2.75) is 6.04 Å². The zero-order valence-corrected chi connectivity index (χ0v) is 12.6. The van der Waals surface area contributed by atoms with Gasteiger partial charge in [-0.2, -0.15) is 0 Å². The SMILES string of the molecule is COCC(N)C(=O)Nc1cccc(C(=O)N2CCOCC2)c1. The summed E-state index contributed by atoms with van der Waals surface area (Å²) in [5, 5.41) is 2.69. The van der Waals surface area contributed by atoms with E-state index in [0.717, 1.165) is 0 Å². The molecule has 7 nitrogen and oxygen atoms in total. The van der Waals surface area contributed by atoms with Crippen LogP contribution in [0.25, 0.3) is 0 Å². The predicted octanol–water partition coefficient (Wildman–Crippen LogP) is 0.0712. The summed E-state index contributed by atoms with van der Waals surface area (Å²) < 4.78 is 10.1. The highest BCUT2D eigenvalue weighted by Crippen LogP contribution is 2.14. The predicted molar refractivity (Wildman–Crippen MR) is 81.6 cm³/mol. The molecule has 0 radical (unpaired) electrons. The number of ether oxygens (including phenoxy) is 2. The Hall–Kier alpha value is -1.96. The summed E-state index contributed by atoms with van der Waals surface area (Å²) in [6.45, 7) is 2.39. The van der Waals surface area contributed by atoms with E-state index < -0.39 is 6.04 Å². The number of morpholine rings is 1. The Labute approximate surface area is 129 Å². The van der Waals surface area contributed by atoms with Gasteiger partial charge in [0.25, 0.3) is 5.91 Å². The Morgan fingerprint density at radius 1 is 1.41 bits per heavy atom. The van der Waals surface area contributed by atoms with E-state index in [0.29, 0.717) is 37.6 Å². The molecule has 7 heteroatoms. The molecular formula is C15H21N3O4. The molecule has 1 aromatic rings. The van der Waals surface area contributed by atoms with Crippen LogP contribution < -0.4 is 11.1 Å². The van der Waals surface area contributed by atoms with Crippen molar-refractivity contribution in [3.8, 4) is 0 Å². The van der Waals surface area contributed by atoms with Crippen LogP contribution >= 0.6 is 0 Å². The lowest BCUT2D eigenvalue weighted by molar-refractivity contribution is -0.118. The fourth-order valence-electron chi connectivity index (χ4n) is 2.17. The summed E-state index contributed by atoms with van der Waals surface area (Å²) in [5.41, 5.74) is 6.73. The molecule has 1 fully saturated rings. The Bertz CT molecular complexity index is 529. The van der Waals surface area contributed by atoms with Crippen LogP contribution in [-0.2, 0) is 14.3 Å². The highest BCUT2D eigenvalue weighted by Gasteiger charge is 2.19. The van der Waals surface area contributed by atoms with Crippen molar-refractivity contribution in [3.05, 3.63) is 29.8 Å².